The summed E-state index contributed by atoms with van der Waals surface area (Å²) in [6, 6.07) is 5.04. The van der Waals surface area contributed by atoms with Crippen LogP contribution in [0.15, 0.2) is 24.3 Å². The van der Waals surface area contributed by atoms with Crippen LogP contribution in [0.25, 0.3) is 6.08 Å². The molecule has 1 unspecified atom stereocenters. The summed E-state index contributed by atoms with van der Waals surface area (Å²) in [6.07, 6.45) is 3.41. The molecule has 0 N–H and O–H groups in total. The van der Waals surface area contributed by atoms with Gasteiger partial charge in [0.15, 0.2) is 0 Å². The van der Waals surface area contributed by atoms with Crippen LogP contribution in [0, 0.1) is 0 Å². The molecule has 1 heterocycles. The van der Waals surface area contributed by atoms with Crippen LogP contribution in [0.1, 0.15) is 36.7 Å². The molecule has 0 bridgehead atoms. The summed E-state index contributed by atoms with van der Waals surface area (Å²) in [4.78, 5) is 25.4. The van der Waals surface area contributed by atoms with Crippen molar-refractivity contribution in [2.24, 2.45) is 0 Å². The van der Waals surface area contributed by atoms with Gasteiger partial charge in [-0.1, -0.05) is 12.2 Å². The molecular weight excluding hydrogens is 270 g/mol. The first-order valence-corrected chi connectivity index (χ1v) is 7.03. The van der Waals surface area contributed by atoms with Crippen LogP contribution < -0.4 is 4.90 Å². The number of hydrogen-bond donors (Lipinski definition) is 0. The highest BCUT2D eigenvalue weighted by Gasteiger charge is 2.27. The number of hydrogen-bond acceptors (Lipinski definition) is 4. The number of rotatable bonds is 3. The van der Waals surface area contributed by atoms with Crippen LogP contribution in [0.5, 0.6) is 0 Å². The molecular formula is C16H19NO4. The number of ether oxygens (including phenoxy) is 2. The van der Waals surface area contributed by atoms with E-state index < -0.39 is 0 Å². The number of nitrogens with zero attached hydrogens (tertiary/aromatic N) is 1. The summed E-state index contributed by atoms with van der Waals surface area (Å²) in [5, 5.41) is 0. The summed E-state index contributed by atoms with van der Waals surface area (Å²) < 4.78 is 10.1. The third-order valence-electron chi connectivity index (χ3n) is 3.22. The van der Waals surface area contributed by atoms with Gasteiger partial charge < -0.3 is 9.47 Å². The van der Waals surface area contributed by atoms with E-state index in [0.717, 1.165) is 11.3 Å². The molecule has 0 saturated heterocycles. The molecule has 1 aliphatic rings. The number of carbonyl (C=O) groups excluding carboxylic acids is 2. The highest BCUT2D eigenvalue weighted by molar-refractivity contribution is 5.96. The highest BCUT2D eigenvalue weighted by Crippen LogP contribution is 2.30. The van der Waals surface area contributed by atoms with Gasteiger partial charge in [0.05, 0.1) is 30.5 Å². The molecule has 1 aliphatic heterocycles. The van der Waals surface area contributed by atoms with Gasteiger partial charge in [-0.05, 0) is 44.5 Å². The maximum absolute atomic E-state index is 12.1. The predicted molar refractivity (Wildman–Crippen MR) is 80.4 cm³/mol. The third-order valence-corrected chi connectivity index (χ3v) is 3.22. The summed E-state index contributed by atoms with van der Waals surface area (Å²) in [6.45, 7) is 6.10. The second-order valence-corrected chi connectivity index (χ2v) is 4.66. The van der Waals surface area contributed by atoms with E-state index in [2.05, 4.69) is 0 Å². The fraction of sp³-hybridized carbons (Fsp3) is 0.375. The van der Waals surface area contributed by atoms with Crippen molar-refractivity contribution in [3.8, 4) is 0 Å². The zero-order chi connectivity index (χ0) is 15.4. The fourth-order valence-corrected chi connectivity index (χ4v) is 2.25. The number of amides is 1. The molecule has 1 amide bonds. The Morgan fingerprint density at radius 1 is 1.19 bits per heavy atom. The third kappa shape index (κ3) is 3.07. The smallest absolute Gasteiger partial charge is 0.414 e. The predicted octanol–water partition coefficient (Wildman–Crippen LogP) is 3.24. The largest absolute Gasteiger partial charge is 0.462 e. The van der Waals surface area contributed by atoms with Crippen molar-refractivity contribution in [3.05, 3.63) is 35.4 Å². The van der Waals surface area contributed by atoms with E-state index in [1.807, 2.05) is 19.1 Å². The van der Waals surface area contributed by atoms with Crippen molar-refractivity contribution in [1.29, 1.82) is 0 Å². The van der Waals surface area contributed by atoms with Gasteiger partial charge in [0, 0.05) is 0 Å². The summed E-state index contributed by atoms with van der Waals surface area (Å²) in [7, 11) is 0. The van der Waals surface area contributed by atoms with Crippen LogP contribution in [-0.4, -0.2) is 31.3 Å². The average molecular weight is 289 g/mol. The normalized spacial score (nSPS) is 16.3. The molecule has 0 saturated carbocycles. The van der Waals surface area contributed by atoms with Crippen molar-refractivity contribution in [3.63, 3.8) is 0 Å². The molecule has 2 rings (SSSR count). The molecule has 0 aromatic heterocycles. The van der Waals surface area contributed by atoms with Gasteiger partial charge in [0.1, 0.15) is 0 Å². The van der Waals surface area contributed by atoms with Gasteiger partial charge in [0.2, 0.25) is 0 Å². The van der Waals surface area contributed by atoms with Gasteiger partial charge >= 0.3 is 12.1 Å². The second kappa shape index (κ2) is 6.43. The number of fused-ring (bicyclic) bond motifs is 1. The van der Waals surface area contributed by atoms with Gasteiger partial charge in [-0.3, -0.25) is 4.90 Å². The first-order valence-electron chi connectivity index (χ1n) is 7.03. The van der Waals surface area contributed by atoms with Crippen LogP contribution in [0.4, 0.5) is 10.5 Å². The molecule has 21 heavy (non-hydrogen) atoms. The minimum atomic E-state index is -0.389. The molecule has 1 atom stereocenters. The monoisotopic (exact) mass is 289 g/mol. The molecule has 0 aliphatic carbocycles. The molecule has 0 spiro atoms. The molecule has 5 heteroatoms. The van der Waals surface area contributed by atoms with Gasteiger partial charge in [-0.25, -0.2) is 9.59 Å². The van der Waals surface area contributed by atoms with Gasteiger partial charge in [0.25, 0.3) is 0 Å². The Labute approximate surface area is 124 Å². The van der Waals surface area contributed by atoms with E-state index in [4.69, 9.17) is 9.47 Å². The zero-order valence-electron chi connectivity index (χ0n) is 12.5. The zero-order valence-corrected chi connectivity index (χ0v) is 12.5. The first-order chi connectivity index (χ1) is 10.1. The standard InChI is InChI=1S/C16H19NO4/c1-4-20-15(18)13-8-9-14-12(10-13)7-6-11(3)17(14)16(19)21-5-2/h6-11H,4-5H2,1-3H3. The lowest BCUT2D eigenvalue weighted by molar-refractivity contribution is 0.0526. The summed E-state index contributed by atoms with van der Waals surface area (Å²) in [5.41, 5.74) is 2.00. The van der Waals surface area contributed by atoms with E-state index in [1.165, 1.54) is 0 Å². The Balaban J connectivity index is 2.35. The SMILES string of the molecule is CCOC(=O)c1ccc2c(c1)C=CC(C)N2C(=O)OCC. The number of esters is 1. The van der Waals surface area contributed by atoms with E-state index in [9.17, 15) is 9.59 Å². The number of benzene rings is 1. The van der Waals surface area contributed by atoms with Crippen molar-refractivity contribution in [2.75, 3.05) is 18.1 Å². The first kappa shape index (κ1) is 15.1. The molecule has 5 nitrogen and oxygen atoms in total. The quantitative estimate of drug-likeness (QED) is 0.802. The average Bonchev–Trinajstić information content (AvgIpc) is 2.47. The Morgan fingerprint density at radius 2 is 1.90 bits per heavy atom. The molecule has 1 aromatic carbocycles. The fourth-order valence-electron chi connectivity index (χ4n) is 2.25. The van der Waals surface area contributed by atoms with Crippen LogP contribution in [-0.2, 0) is 9.47 Å². The molecule has 112 valence electrons. The molecule has 0 fully saturated rings. The van der Waals surface area contributed by atoms with Crippen molar-refractivity contribution < 1.29 is 19.1 Å². The van der Waals surface area contributed by atoms with Crippen LogP contribution in [0.2, 0.25) is 0 Å². The second-order valence-electron chi connectivity index (χ2n) is 4.66. The summed E-state index contributed by atoms with van der Waals surface area (Å²) >= 11 is 0. The van der Waals surface area contributed by atoms with Crippen molar-refractivity contribution >= 4 is 23.8 Å². The minimum Gasteiger partial charge on any atom is -0.462 e. The Bertz CT molecular complexity index is 580. The van der Waals surface area contributed by atoms with E-state index >= 15 is 0 Å². The molecule has 1 aromatic rings. The van der Waals surface area contributed by atoms with E-state index in [0.29, 0.717) is 18.8 Å². The lowest BCUT2D eigenvalue weighted by Gasteiger charge is -2.31. The Kier molecular flexibility index (Phi) is 4.62. The van der Waals surface area contributed by atoms with Crippen molar-refractivity contribution in [2.45, 2.75) is 26.8 Å². The van der Waals surface area contributed by atoms with E-state index in [1.54, 1.807) is 36.9 Å². The molecule has 0 radical (unpaired) electrons. The summed E-state index contributed by atoms with van der Waals surface area (Å²) in [5.74, 6) is -0.366. The maximum atomic E-state index is 12.1. The number of carbonyl (C=O) groups is 2. The minimum absolute atomic E-state index is 0.0926. The van der Waals surface area contributed by atoms with Crippen LogP contribution >= 0.6 is 0 Å². The van der Waals surface area contributed by atoms with Gasteiger partial charge in [-0.15, -0.1) is 0 Å². The number of anilines is 1. The lowest BCUT2D eigenvalue weighted by atomic mass is 10.0. The van der Waals surface area contributed by atoms with E-state index in [-0.39, 0.29) is 18.1 Å². The lowest BCUT2D eigenvalue weighted by Crippen LogP contribution is -2.40. The Hall–Kier alpha value is -2.30. The van der Waals surface area contributed by atoms with Crippen molar-refractivity contribution in [1.82, 2.24) is 0 Å². The van der Waals surface area contributed by atoms with Gasteiger partial charge in [-0.2, -0.15) is 0 Å². The van der Waals surface area contributed by atoms with Crippen LogP contribution in [0.3, 0.4) is 0 Å². The highest BCUT2D eigenvalue weighted by atomic mass is 16.6. The Morgan fingerprint density at radius 3 is 2.57 bits per heavy atom. The maximum Gasteiger partial charge on any atom is 0.414 e. The topological polar surface area (TPSA) is 55.8 Å².